The zero-order valence-corrected chi connectivity index (χ0v) is 23.1. The minimum atomic E-state index is -0.637. The Bertz CT molecular complexity index is 1170. The highest BCUT2D eigenvalue weighted by molar-refractivity contribution is 7.99. The first-order chi connectivity index (χ1) is 18.0. The molecule has 0 saturated heterocycles. The Morgan fingerprint density at radius 1 is 0.865 bits per heavy atom. The number of carbonyl (C=O) groups excluding carboxylic acids is 2. The van der Waals surface area contributed by atoms with Crippen molar-refractivity contribution in [2.75, 3.05) is 5.75 Å². The van der Waals surface area contributed by atoms with E-state index in [9.17, 15) is 9.59 Å². The lowest BCUT2D eigenvalue weighted by molar-refractivity contribution is -0.139. The van der Waals surface area contributed by atoms with E-state index in [-0.39, 0.29) is 30.2 Å². The van der Waals surface area contributed by atoms with Crippen LogP contribution in [0.4, 0.5) is 0 Å². The Balaban J connectivity index is 1.58. The van der Waals surface area contributed by atoms with E-state index in [0.29, 0.717) is 16.5 Å². The van der Waals surface area contributed by atoms with Crippen LogP contribution < -0.4 is 5.32 Å². The van der Waals surface area contributed by atoms with E-state index in [1.165, 1.54) is 0 Å². The van der Waals surface area contributed by atoms with Crippen LogP contribution in [0.15, 0.2) is 78.9 Å². The van der Waals surface area contributed by atoms with Crippen LogP contribution in [-0.2, 0) is 28.3 Å². The summed E-state index contributed by atoms with van der Waals surface area (Å²) < 4.78 is 0. The standard InChI is InChI=1S/C30H32Cl2N2O2S/c31-26-16-15-24(17-27(26)32)19-34(29(35)21-37-20-23-11-5-2-6-12-23)28(18-22-9-3-1-4-10-22)30(36)33-25-13-7-8-14-25/h1-6,9-12,15-17,25,28H,7-8,13-14,18-21H2,(H,33,36). The summed E-state index contributed by atoms with van der Waals surface area (Å²) in [5.74, 6) is 0.829. The summed E-state index contributed by atoms with van der Waals surface area (Å²) in [5.41, 5.74) is 3.01. The highest BCUT2D eigenvalue weighted by Crippen LogP contribution is 2.25. The van der Waals surface area contributed by atoms with Gasteiger partial charge in [-0.3, -0.25) is 9.59 Å². The van der Waals surface area contributed by atoms with Gasteiger partial charge in [0.25, 0.3) is 0 Å². The van der Waals surface area contributed by atoms with Gasteiger partial charge < -0.3 is 10.2 Å². The van der Waals surface area contributed by atoms with E-state index >= 15 is 0 Å². The van der Waals surface area contributed by atoms with Crippen LogP contribution in [0.5, 0.6) is 0 Å². The summed E-state index contributed by atoms with van der Waals surface area (Å²) >= 11 is 14.0. The number of amides is 2. The Morgan fingerprint density at radius 3 is 2.16 bits per heavy atom. The molecule has 1 atom stereocenters. The second-order valence-corrected chi connectivity index (χ2v) is 11.2. The Morgan fingerprint density at radius 2 is 1.51 bits per heavy atom. The summed E-state index contributed by atoms with van der Waals surface area (Å²) in [4.78, 5) is 29.1. The largest absolute Gasteiger partial charge is 0.352 e. The molecule has 1 saturated carbocycles. The Labute approximate surface area is 233 Å². The lowest BCUT2D eigenvalue weighted by Gasteiger charge is -2.32. The molecule has 1 N–H and O–H groups in total. The van der Waals surface area contributed by atoms with Crippen LogP contribution in [-0.4, -0.2) is 34.6 Å². The minimum Gasteiger partial charge on any atom is -0.352 e. The van der Waals surface area contributed by atoms with Crippen LogP contribution >= 0.6 is 35.0 Å². The van der Waals surface area contributed by atoms with Crippen LogP contribution in [0.2, 0.25) is 10.0 Å². The average molecular weight is 556 g/mol. The van der Waals surface area contributed by atoms with Crippen molar-refractivity contribution in [3.05, 3.63) is 106 Å². The predicted octanol–water partition coefficient (Wildman–Crippen LogP) is 6.93. The zero-order chi connectivity index (χ0) is 26.0. The molecule has 194 valence electrons. The van der Waals surface area contributed by atoms with Gasteiger partial charge in [-0.2, -0.15) is 0 Å². The van der Waals surface area contributed by atoms with Crippen molar-refractivity contribution in [2.45, 2.75) is 56.5 Å². The first-order valence-electron chi connectivity index (χ1n) is 12.7. The van der Waals surface area contributed by atoms with Gasteiger partial charge in [0.15, 0.2) is 0 Å². The molecule has 3 aromatic carbocycles. The molecule has 7 heteroatoms. The summed E-state index contributed by atoms with van der Waals surface area (Å²) in [6.45, 7) is 0.275. The lowest BCUT2D eigenvalue weighted by Crippen LogP contribution is -2.52. The third kappa shape index (κ3) is 8.26. The quantitative estimate of drug-likeness (QED) is 0.279. The maximum absolute atomic E-state index is 13.7. The summed E-state index contributed by atoms with van der Waals surface area (Å²) in [7, 11) is 0. The summed E-state index contributed by atoms with van der Waals surface area (Å²) in [6, 6.07) is 24.9. The number of hydrogen-bond acceptors (Lipinski definition) is 3. The van der Waals surface area contributed by atoms with Crippen molar-refractivity contribution < 1.29 is 9.59 Å². The number of nitrogens with zero attached hydrogens (tertiary/aromatic N) is 1. The maximum atomic E-state index is 13.7. The summed E-state index contributed by atoms with van der Waals surface area (Å²) in [6.07, 6.45) is 4.65. The SMILES string of the molecule is O=C(NC1CCCC1)C(Cc1ccccc1)N(Cc1ccc(Cl)c(Cl)c1)C(=O)CSCc1ccccc1. The number of rotatable bonds is 11. The van der Waals surface area contributed by atoms with E-state index in [4.69, 9.17) is 23.2 Å². The molecular formula is C30H32Cl2N2O2S. The van der Waals surface area contributed by atoms with Crippen molar-refractivity contribution in [1.29, 1.82) is 0 Å². The summed E-state index contributed by atoms with van der Waals surface area (Å²) in [5, 5.41) is 4.13. The van der Waals surface area contributed by atoms with Crippen LogP contribution in [0.3, 0.4) is 0 Å². The number of benzene rings is 3. The molecule has 1 unspecified atom stereocenters. The average Bonchev–Trinajstić information content (AvgIpc) is 3.42. The van der Waals surface area contributed by atoms with E-state index in [1.54, 1.807) is 28.8 Å². The number of thioether (sulfide) groups is 1. The molecule has 0 spiro atoms. The number of hydrogen-bond donors (Lipinski definition) is 1. The first kappa shape index (κ1) is 27.6. The van der Waals surface area contributed by atoms with E-state index in [1.807, 2.05) is 54.6 Å². The molecule has 0 radical (unpaired) electrons. The first-order valence-corrected chi connectivity index (χ1v) is 14.6. The van der Waals surface area contributed by atoms with Gasteiger partial charge in [-0.15, -0.1) is 11.8 Å². The van der Waals surface area contributed by atoms with Gasteiger partial charge in [-0.05, 0) is 41.7 Å². The van der Waals surface area contributed by atoms with Crippen molar-refractivity contribution >= 4 is 46.8 Å². The molecule has 1 aliphatic carbocycles. The van der Waals surface area contributed by atoms with Gasteiger partial charge >= 0.3 is 0 Å². The van der Waals surface area contributed by atoms with Crippen LogP contribution in [0.25, 0.3) is 0 Å². The lowest BCUT2D eigenvalue weighted by atomic mass is 10.0. The Hall–Kier alpha value is -2.47. The smallest absolute Gasteiger partial charge is 0.243 e. The van der Waals surface area contributed by atoms with Crippen LogP contribution in [0.1, 0.15) is 42.4 Å². The maximum Gasteiger partial charge on any atom is 0.243 e. The number of halogens is 2. The molecule has 4 rings (SSSR count). The second kappa shape index (κ2) is 13.9. The molecule has 0 aliphatic heterocycles. The van der Waals surface area contributed by atoms with Crippen molar-refractivity contribution in [1.82, 2.24) is 10.2 Å². The monoisotopic (exact) mass is 554 g/mol. The molecule has 0 heterocycles. The van der Waals surface area contributed by atoms with Crippen LogP contribution in [0, 0.1) is 0 Å². The van der Waals surface area contributed by atoms with Gasteiger partial charge in [-0.1, -0.05) is 103 Å². The third-order valence-electron chi connectivity index (χ3n) is 6.65. The van der Waals surface area contributed by atoms with Crippen molar-refractivity contribution in [2.24, 2.45) is 0 Å². The molecule has 0 aromatic heterocycles. The zero-order valence-electron chi connectivity index (χ0n) is 20.7. The van der Waals surface area contributed by atoms with Crippen molar-refractivity contribution in [3.8, 4) is 0 Å². The van der Waals surface area contributed by atoms with Gasteiger partial charge in [-0.25, -0.2) is 0 Å². The van der Waals surface area contributed by atoms with E-state index in [0.717, 1.165) is 48.1 Å². The molecule has 0 bridgehead atoms. The fourth-order valence-electron chi connectivity index (χ4n) is 4.67. The number of nitrogens with one attached hydrogen (secondary N) is 1. The third-order valence-corrected chi connectivity index (χ3v) is 8.37. The fraction of sp³-hybridized carbons (Fsp3) is 0.333. The number of carbonyl (C=O) groups is 2. The fourth-order valence-corrected chi connectivity index (χ4v) is 5.86. The molecule has 37 heavy (non-hydrogen) atoms. The highest BCUT2D eigenvalue weighted by atomic mass is 35.5. The molecule has 4 nitrogen and oxygen atoms in total. The normalized spacial score (nSPS) is 14.3. The second-order valence-electron chi connectivity index (χ2n) is 9.44. The molecule has 1 fully saturated rings. The molecule has 1 aliphatic rings. The predicted molar refractivity (Wildman–Crippen MR) is 154 cm³/mol. The van der Waals surface area contributed by atoms with Gasteiger partial charge in [0, 0.05) is 24.8 Å². The highest BCUT2D eigenvalue weighted by Gasteiger charge is 2.32. The van der Waals surface area contributed by atoms with E-state index in [2.05, 4.69) is 17.4 Å². The topological polar surface area (TPSA) is 49.4 Å². The Kier molecular flexibility index (Phi) is 10.4. The van der Waals surface area contributed by atoms with E-state index < -0.39 is 6.04 Å². The van der Waals surface area contributed by atoms with Gasteiger partial charge in [0.05, 0.1) is 15.8 Å². The molecule has 2 amide bonds. The minimum absolute atomic E-state index is 0.0745. The van der Waals surface area contributed by atoms with Gasteiger partial charge in [0.1, 0.15) is 6.04 Å². The van der Waals surface area contributed by atoms with Crippen molar-refractivity contribution in [3.63, 3.8) is 0 Å². The molecular weight excluding hydrogens is 523 g/mol. The van der Waals surface area contributed by atoms with Gasteiger partial charge in [0.2, 0.25) is 11.8 Å². The molecule has 3 aromatic rings.